The molecule has 0 fully saturated rings. The lowest BCUT2D eigenvalue weighted by Gasteiger charge is -2.18. The Morgan fingerprint density at radius 1 is 0.688 bits per heavy atom. The van der Waals surface area contributed by atoms with E-state index in [4.69, 9.17) is 0 Å². The first-order chi connectivity index (χ1) is 7.78. The summed E-state index contributed by atoms with van der Waals surface area (Å²) in [5, 5.41) is 0. The fraction of sp³-hybridized carbons (Fsp3) is 1.00. The van der Waals surface area contributed by atoms with Gasteiger partial charge in [0.25, 0.3) is 0 Å². The highest BCUT2D eigenvalue weighted by Gasteiger charge is 2.13. The fourth-order valence-electron chi connectivity index (χ4n) is 1.29. The quantitative estimate of drug-likeness (QED) is 0.332. The van der Waals surface area contributed by atoms with E-state index in [-0.39, 0.29) is 0 Å². The van der Waals surface area contributed by atoms with Crippen molar-refractivity contribution in [2.75, 3.05) is 11.5 Å². The molecule has 0 aromatic heterocycles. The summed E-state index contributed by atoms with van der Waals surface area (Å²) in [5.74, 6) is 2.50. The maximum absolute atomic E-state index is 2.29. The third kappa shape index (κ3) is 9.43. The van der Waals surface area contributed by atoms with Gasteiger partial charge in [-0.25, -0.2) is 0 Å². The lowest BCUT2D eigenvalue weighted by Crippen LogP contribution is -1.99. The SMILES string of the molecule is CCCC(SCC)SSC(CCC)SCC. The zero-order valence-corrected chi connectivity index (χ0v) is 14.3. The monoisotopic (exact) mass is 298 g/mol. The topological polar surface area (TPSA) is 0 Å². The van der Waals surface area contributed by atoms with Crippen LogP contribution in [-0.2, 0) is 0 Å². The normalized spacial score (nSPS) is 15.0. The van der Waals surface area contributed by atoms with Crippen LogP contribution >= 0.6 is 45.1 Å². The Bertz CT molecular complexity index is 113. The molecule has 0 spiro atoms. The van der Waals surface area contributed by atoms with Gasteiger partial charge in [0.2, 0.25) is 0 Å². The van der Waals surface area contributed by atoms with Gasteiger partial charge in [-0.1, -0.05) is 62.1 Å². The third-order valence-electron chi connectivity index (χ3n) is 2.02. The molecule has 0 aromatic carbocycles. The Hall–Kier alpha value is 1.40. The smallest absolute Gasteiger partial charge is 0.0606 e. The second-order valence-electron chi connectivity index (χ2n) is 3.54. The Labute approximate surface area is 119 Å². The van der Waals surface area contributed by atoms with E-state index in [2.05, 4.69) is 72.8 Å². The molecule has 0 aliphatic heterocycles. The molecule has 4 heteroatoms. The van der Waals surface area contributed by atoms with Crippen molar-refractivity contribution in [3.8, 4) is 0 Å². The predicted molar refractivity (Wildman–Crippen MR) is 88.8 cm³/mol. The molecule has 0 aromatic rings. The van der Waals surface area contributed by atoms with Gasteiger partial charge in [0, 0.05) is 0 Å². The molecule has 0 N–H and O–H groups in total. The van der Waals surface area contributed by atoms with Gasteiger partial charge in [0.1, 0.15) is 0 Å². The molecule has 16 heavy (non-hydrogen) atoms. The van der Waals surface area contributed by atoms with Crippen molar-refractivity contribution in [3.63, 3.8) is 0 Å². The molecular formula is C12H26S4. The van der Waals surface area contributed by atoms with Crippen LogP contribution in [0.4, 0.5) is 0 Å². The molecule has 0 aliphatic carbocycles. The van der Waals surface area contributed by atoms with Gasteiger partial charge in [-0.05, 0) is 24.3 Å². The number of hydrogen-bond donors (Lipinski definition) is 0. The van der Waals surface area contributed by atoms with Gasteiger partial charge < -0.3 is 0 Å². The standard InChI is InChI=1S/C12H26S4/c1-5-9-11(13-7-3)15-16-12(10-6-2)14-8-4/h11-12H,5-10H2,1-4H3. The summed E-state index contributed by atoms with van der Waals surface area (Å²) < 4.78 is 1.61. The molecular weight excluding hydrogens is 272 g/mol. The summed E-state index contributed by atoms with van der Waals surface area (Å²) in [4.78, 5) is 0. The van der Waals surface area contributed by atoms with E-state index in [0.29, 0.717) is 0 Å². The summed E-state index contributed by atoms with van der Waals surface area (Å²) in [6.45, 7) is 9.11. The largest absolute Gasteiger partial charge is 0.147 e. The lowest BCUT2D eigenvalue weighted by molar-refractivity contribution is 0.869. The average molecular weight is 299 g/mol. The molecule has 0 amide bonds. The molecule has 0 saturated carbocycles. The van der Waals surface area contributed by atoms with Crippen molar-refractivity contribution in [3.05, 3.63) is 0 Å². The van der Waals surface area contributed by atoms with Gasteiger partial charge in [-0.3, -0.25) is 0 Å². The number of thioether (sulfide) groups is 2. The first-order valence-electron chi connectivity index (χ1n) is 6.33. The molecule has 2 unspecified atom stereocenters. The minimum atomic E-state index is 0.803. The zero-order valence-electron chi connectivity index (χ0n) is 11.0. The highest BCUT2D eigenvalue weighted by molar-refractivity contribution is 8.80. The van der Waals surface area contributed by atoms with E-state index in [1.807, 2.05) is 0 Å². The van der Waals surface area contributed by atoms with Gasteiger partial charge in [0.05, 0.1) is 9.16 Å². The molecule has 0 rings (SSSR count). The molecule has 2 atom stereocenters. The van der Waals surface area contributed by atoms with Gasteiger partial charge in [-0.2, -0.15) is 0 Å². The lowest BCUT2D eigenvalue weighted by atomic mass is 10.4. The number of rotatable bonds is 11. The van der Waals surface area contributed by atoms with E-state index in [1.54, 1.807) is 0 Å². The van der Waals surface area contributed by atoms with Gasteiger partial charge in [-0.15, -0.1) is 23.5 Å². The van der Waals surface area contributed by atoms with Crippen LogP contribution in [0.15, 0.2) is 0 Å². The van der Waals surface area contributed by atoms with Crippen molar-refractivity contribution < 1.29 is 0 Å². The van der Waals surface area contributed by atoms with Crippen LogP contribution in [0.25, 0.3) is 0 Å². The molecule has 0 bridgehead atoms. The first-order valence-corrected chi connectivity index (χ1v) is 10.7. The summed E-state index contributed by atoms with van der Waals surface area (Å²) in [6, 6.07) is 0. The van der Waals surface area contributed by atoms with Crippen molar-refractivity contribution in [1.82, 2.24) is 0 Å². The van der Waals surface area contributed by atoms with Crippen LogP contribution in [0.5, 0.6) is 0 Å². The average Bonchev–Trinajstić information content (AvgIpc) is 2.27. The minimum Gasteiger partial charge on any atom is -0.147 e. The van der Waals surface area contributed by atoms with Crippen molar-refractivity contribution in [2.24, 2.45) is 0 Å². The molecule has 0 saturated heterocycles. The van der Waals surface area contributed by atoms with E-state index in [0.717, 1.165) is 9.16 Å². The van der Waals surface area contributed by atoms with Crippen LogP contribution in [-0.4, -0.2) is 20.7 Å². The summed E-state index contributed by atoms with van der Waals surface area (Å²) in [6.07, 6.45) is 5.33. The van der Waals surface area contributed by atoms with Gasteiger partial charge in [0.15, 0.2) is 0 Å². The predicted octanol–water partition coefficient (Wildman–Crippen LogP) is 6.13. The van der Waals surface area contributed by atoms with E-state index >= 15 is 0 Å². The highest BCUT2D eigenvalue weighted by atomic mass is 33.1. The van der Waals surface area contributed by atoms with Gasteiger partial charge >= 0.3 is 0 Å². The Morgan fingerprint density at radius 3 is 1.31 bits per heavy atom. The maximum atomic E-state index is 2.29. The summed E-state index contributed by atoms with van der Waals surface area (Å²) in [7, 11) is 4.23. The molecule has 98 valence electrons. The highest BCUT2D eigenvalue weighted by Crippen LogP contribution is 2.43. The van der Waals surface area contributed by atoms with Crippen LogP contribution in [0, 0.1) is 0 Å². The Balaban J connectivity index is 3.83. The Morgan fingerprint density at radius 2 is 1.06 bits per heavy atom. The van der Waals surface area contributed by atoms with Crippen molar-refractivity contribution in [2.45, 2.75) is 62.5 Å². The second-order valence-corrected chi connectivity index (χ2v) is 9.77. The summed E-state index contributed by atoms with van der Waals surface area (Å²) in [5.41, 5.74) is 0. The molecule has 0 nitrogen and oxygen atoms in total. The van der Waals surface area contributed by atoms with Crippen LogP contribution in [0.1, 0.15) is 53.4 Å². The van der Waals surface area contributed by atoms with E-state index < -0.39 is 0 Å². The van der Waals surface area contributed by atoms with E-state index in [9.17, 15) is 0 Å². The molecule has 0 radical (unpaired) electrons. The second kappa shape index (κ2) is 12.8. The molecule has 0 heterocycles. The number of hydrogen-bond acceptors (Lipinski definition) is 4. The van der Waals surface area contributed by atoms with E-state index in [1.165, 1.54) is 37.2 Å². The zero-order chi connectivity index (χ0) is 12.2. The van der Waals surface area contributed by atoms with Crippen molar-refractivity contribution >= 4 is 45.1 Å². The van der Waals surface area contributed by atoms with Crippen LogP contribution in [0.2, 0.25) is 0 Å². The van der Waals surface area contributed by atoms with Crippen LogP contribution < -0.4 is 0 Å². The Kier molecular flexibility index (Phi) is 14.0. The third-order valence-corrected chi connectivity index (χ3v) is 8.77. The molecule has 0 aliphatic rings. The first kappa shape index (κ1) is 17.4. The van der Waals surface area contributed by atoms with Crippen molar-refractivity contribution in [1.29, 1.82) is 0 Å². The fourth-order valence-corrected chi connectivity index (χ4v) is 8.14. The minimum absolute atomic E-state index is 0.803. The maximum Gasteiger partial charge on any atom is 0.0606 e. The summed E-state index contributed by atoms with van der Waals surface area (Å²) >= 11 is 4.22. The van der Waals surface area contributed by atoms with Crippen LogP contribution in [0.3, 0.4) is 0 Å².